The number of rotatable bonds is 9. The standard InChI is InChI=1S/C28H32F3N3O2S/c1-37-22-12-13-25(27(18-22)36-16-15-35)32-14-6-9-21-17-23-24(33-20-7-3-2-4-8-20)10-5-11-26(23)34(21)19-28(29,30)31/h5,10-13,17-18,20,32-33,35H,2-4,7-8,14-16,19H2,1H3. The molecule has 198 valence electrons. The van der Waals surface area contributed by atoms with E-state index in [1.54, 1.807) is 30.0 Å². The summed E-state index contributed by atoms with van der Waals surface area (Å²) in [5.74, 6) is 6.51. The number of aromatic nitrogens is 1. The predicted molar refractivity (Wildman–Crippen MR) is 145 cm³/mol. The Morgan fingerprint density at radius 1 is 1.11 bits per heavy atom. The van der Waals surface area contributed by atoms with Crippen molar-refractivity contribution in [1.82, 2.24) is 4.57 Å². The van der Waals surface area contributed by atoms with Crippen molar-refractivity contribution in [2.45, 2.75) is 55.8 Å². The van der Waals surface area contributed by atoms with Gasteiger partial charge in [0.25, 0.3) is 0 Å². The molecular formula is C28H32F3N3O2S. The first-order valence-corrected chi connectivity index (χ1v) is 13.7. The van der Waals surface area contributed by atoms with Crippen LogP contribution in [0, 0.1) is 11.8 Å². The van der Waals surface area contributed by atoms with E-state index in [4.69, 9.17) is 9.84 Å². The van der Waals surface area contributed by atoms with Crippen LogP contribution in [0.3, 0.4) is 0 Å². The zero-order valence-electron chi connectivity index (χ0n) is 20.8. The van der Waals surface area contributed by atoms with Crippen LogP contribution >= 0.6 is 11.8 Å². The molecule has 0 radical (unpaired) electrons. The molecule has 1 saturated carbocycles. The number of anilines is 2. The molecule has 1 aliphatic rings. The van der Waals surface area contributed by atoms with Gasteiger partial charge in [-0.25, -0.2) is 0 Å². The Hall–Kier alpha value is -2.96. The van der Waals surface area contributed by atoms with Crippen molar-refractivity contribution >= 4 is 34.0 Å². The second-order valence-corrected chi connectivity index (χ2v) is 9.92. The number of aliphatic hydroxyl groups is 1. The first kappa shape index (κ1) is 27.1. The molecular weight excluding hydrogens is 499 g/mol. The van der Waals surface area contributed by atoms with Crippen LogP contribution in [0.2, 0.25) is 0 Å². The number of ether oxygens (including phenoxy) is 1. The van der Waals surface area contributed by atoms with Crippen LogP contribution in [0.1, 0.15) is 37.8 Å². The maximum atomic E-state index is 13.5. The van der Waals surface area contributed by atoms with E-state index < -0.39 is 12.7 Å². The highest BCUT2D eigenvalue weighted by Gasteiger charge is 2.30. The lowest BCUT2D eigenvalue weighted by atomic mass is 9.95. The molecule has 1 aromatic heterocycles. The van der Waals surface area contributed by atoms with Crippen LogP contribution in [0.4, 0.5) is 24.5 Å². The second kappa shape index (κ2) is 12.5. The van der Waals surface area contributed by atoms with Gasteiger partial charge in [-0.3, -0.25) is 0 Å². The summed E-state index contributed by atoms with van der Waals surface area (Å²) < 4.78 is 47.3. The Balaban J connectivity index is 1.58. The van der Waals surface area contributed by atoms with Gasteiger partial charge in [0.05, 0.1) is 30.0 Å². The number of hydrogen-bond donors (Lipinski definition) is 3. The summed E-state index contributed by atoms with van der Waals surface area (Å²) in [6.45, 7) is -0.831. The monoisotopic (exact) mass is 531 g/mol. The van der Waals surface area contributed by atoms with Crippen molar-refractivity contribution < 1.29 is 23.0 Å². The van der Waals surface area contributed by atoms with E-state index >= 15 is 0 Å². The van der Waals surface area contributed by atoms with E-state index in [1.165, 1.54) is 23.8 Å². The summed E-state index contributed by atoms with van der Waals surface area (Å²) in [6.07, 6.45) is 3.29. The highest BCUT2D eigenvalue weighted by molar-refractivity contribution is 7.98. The summed E-state index contributed by atoms with van der Waals surface area (Å²) in [6, 6.07) is 13.2. The molecule has 9 heteroatoms. The minimum Gasteiger partial charge on any atom is -0.489 e. The van der Waals surface area contributed by atoms with Crippen molar-refractivity contribution in [2.24, 2.45) is 0 Å². The van der Waals surface area contributed by atoms with Gasteiger partial charge in [0, 0.05) is 22.0 Å². The first-order chi connectivity index (χ1) is 17.9. The number of nitrogens with one attached hydrogen (secondary N) is 2. The number of hydrogen-bond acceptors (Lipinski definition) is 5. The number of nitrogens with zero attached hydrogens (tertiary/aromatic N) is 1. The quantitative estimate of drug-likeness (QED) is 0.217. The summed E-state index contributed by atoms with van der Waals surface area (Å²) in [7, 11) is 0. The molecule has 4 rings (SSSR count). The van der Waals surface area contributed by atoms with E-state index in [0.29, 0.717) is 28.7 Å². The minimum atomic E-state index is -4.37. The summed E-state index contributed by atoms with van der Waals surface area (Å²) >= 11 is 1.57. The highest BCUT2D eigenvalue weighted by Crippen LogP contribution is 2.32. The van der Waals surface area contributed by atoms with Gasteiger partial charge in [0.2, 0.25) is 0 Å². The third kappa shape index (κ3) is 7.30. The fourth-order valence-corrected chi connectivity index (χ4v) is 5.08. The summed E-state index contributed by atoms with van der Waals surface area (Å²) in [4.78, 5) is 1.01. The SMILES string of the molecule is CSc1ccc(NCC#Cc2cc3c(NC4CCCCC4)cccc3n2CC(F)(F)F)c(OCCO)c1. The van der Waals surface area contributed by atoms with Gasteiger partial charge in [-0.15, -0.1) is 11.8 Å². The zero-order chi connectivity index (χ0) is 26.3. The average Bonchev–Trinajstić information content (AvgIpc) is 3.23. The molecule has 0 aliphatic heterocycles. The fourth-order valence-electron chi connectivity index (χ4n) is 4.66. The van der Waals surface area contributed by atoms with Crippen molar-refractivity contribution in [3.63, 3.8) is 0 Å². The van der Waals surface area contributed by atoms with Gasteiger partial charge in [-0.05, 0) is 61.4 Å². The molecule has 1 aliphatic carbocycles. The fraction of sp³-hybridized carbons (Fsp3) is 0.429. The summed E-state index contributed by atoms with van der Waals surface area (Å²) in [5.41, 5.74) is 2.39. The summed E-state index contributed by atoms with van der Waals surface area (Å²) in [5, 5.41) is 16.6. The van der Waals surface area contributed by atoms with Crippen molar-refractivity contribution in [3.8, 4) is 17.6 Å². The average molecular weight is 532 g/mol. The number of thioether (sulfide) groups is 1. The van der Waals surface area contributed by atoms with Crippen molar-refractivity contribution in [3.05, 3.63) is 48.2 Å². The topological polar surface area (TPSA) is 58.5 Å². The van der Waals surface area contributed by atoms with Crippen LogP contribution in [0.25, 0.3) is 10.9 Å². The van der Waals surface area contributed by atoms with Crippen molar-refractivity contribution in [1.29, 1.82) is 0 Å². The smallest absolute Gasteiger partial charge is 0.406 e. The molecule has 0 spiro atoms. The number of halogens is 3. The maximum absolute atomic E-state index is 13.5. The number of alkyl halides is 3. The highest BCUT2D eigenvalue weighted by atomic mass is 32.2. The van der Waals surface area contributed by atoms with Gasteiger partial charge in [-0.1, -0.05) is 31.2 Å². The molecule has 5 nitrogen and oxygen atoms in total. The number of aliphatic hydroxyl groups excluding tert-OH is 1. The molecule has 3 N–H and O–H groups in total. The lowest BCUT2D eigenvalue weighted by Crippen LogP contribution is -2.22. The molecule has 1 fully saturated rings. The van der Waals surface area contributed by atoms with Gasteiger partial charge >= 0.3 is 6.18 Å². The Bertz CT molecular complexity index is 1260. The molecule has 0 unspecified atom stereocenters. The Morgan fingerprint density at radius 3 is 2.65 bits per heavy atom. The van der Waals surface area contributed by atoms with Crippen LogP contribution < -0.4 is 15.4 Å². The predicted octanol–water partition coefficient (Wildman–Crippen LogP) is 6.50. The molecule has 2 aromatic carbocycles. The number of benzene rings is 2. The van der Waals surface area contributed by atoms with Crippen molar-refractivity contribution in [2.75, 3.05) is 36.6 Å². The van der Waals surface area contributed by atoms with E-state index in [0.717, 1.165) is 28.8 Å². The van der Waals surface area contributed by atoms with Gasteiger partial charge in [-0.2, -0.15) is 13.2 Å². The third-order valence-electron chi connectivity index (χ3n) is 6.37. The Kier molecular flexibility index (Phi) is 9.17. The Labute approximate surface area is 219 Å². The molecule has 3 aromatic rings. The molecule has 0 saturated heterocycles. The number of fused-ring (bicyclic) bond motifs is 1. The molecule has 0 bridgehead atoms. The Morgan fingerprint density at radius 2 is 1.92 bits per heavy atom. The lowest BCUT2D eigenvalue weighted by molar-refractivity contribution is -0.140. The van der Waals surface area contributed by atoms with E-state index in [9.17, 15) is 13.2 Å². The molecule has 0 amide bonds. The van der Waals surface area contributed by atoms with Crippen LogP contribution in [-0.2, 0) is 6.54 Å². The molecule has 37 heavy (non-hydrogen) atoms. The normalized spacial score (nSPS) is 14.3. The second-order valence-electron chi connectivity index (χ2n) is 9.04. The maximum Gasteiger partial charge on any atom is 0.406 e. The van der Waals surface area contributed by atoms with Gasteiger partial charge < -0.3 is 25.0 Å². The van der Waals surface area contributed by atoms with Crippen LogP contribution in [0.5, 0.6) is 5.75 Å². The van der Waals surface area contributed by atoms with E-state index in [1.807, 2.05) is 30.5 Å². The minimum absolute atomic E-state index is 0.107. The first-order valence-electron chi connectivity index (χ1n) is 12.5. The largest absolute Gasteiger partial charge is 0.489 e. The van der Waals surface area contributed by atoms with Gasteiger partial charge in [0.1, 0.15) is 18.9 Å². The van der Waals surface area contributed by atoms with E-state index in [-0.39, 0.29) is 19.8 Å². The molecule has 1 heterocycles. The van der Waals surface area contributed by atoms with Crippen LogP contribution in [-0.4, -0.2) is 47.9 Å². The van der Waals surface area contributed by atoms with Crippen LogP contribution in [0.15, 0.2) is 47.4 Å². The van der Waals surface area contributed by atoms with E-state index in [2.05, 4.69) is 22.5 Å². The lowest BCUT2D eigenvalue weighted by Gasteiger charge is -2.24. The van der Waals surface area contributed by atoms with Gasteiger partial charge in [0.15, 0.2) is 0 Å². The third-order valence-corrected chi connectivity index (χ3v) is 7.09. The zero-order valence-corrected chi connectivity index (χ0v) is 21.6. The molecule has 0 atom stereocenters.